The quantitative estimate of drug-likeness (QED) is 0.560. The third kappa shape index (κ3) is 5.32. The number of β-amino-alcohol motifs (C(OH)–C–C–N with tert-alkyl or cyclic N) is 1. The molecule has 0 aliphatic carbocycles. The molecule has 7 nitrogen and oxygen atoms in total. The van der Waals surface area contributed by atoms with Crippen molar-refractivity contribution < 1.29 is 9.90 Å². The van der Waals surface area contributed by atoms with Gasteiger partial charge in [-0.05, 0) is 36.6 Å². The van der Waals surface area contributed by atoms with Crippen LogP contribution in [-0.4, -0.2) is 65.8 Å². The van der Waals surface area contributed by atoms with Crippen LogP contribution in [0.4, 0.5) is 5.69 Å². The Morgan fingerprint density at radius 1 is 1.31 bits per heavy atom. The summed E-state index contributed by atoms with van der Waals surface area (Å²) in [7, 11) is 0. The number of fused-ring (bicyclic) bond motifs is 1. The molecule has 1 aromatic carbocycles. The second-order valence-electron chi connectivity index (χ2n) is 7.91. The lowest BCUT2D eigenvalue weighted by molar-refractivity contribution is 0.0841. The fourth-order valence-corrected chi connectivity index (χ4v) is 4.04. The number of anilines is 1. The monoisotopic (exact) mass is 395 g/mol. The van der Waals surface area contributed by atoms with Crippen LogP contribution in [0.25, 0.3) is 0 Å². The molecule has 4 N–H and O–H groups in total. The number of benzene rings is 1. The van der Waals surface area contributed by atoms with Crippen molar-refractivity contribution in [3.63, 3.8) is 0 Å². The van der Waals surface area contributed by atoms with Gasteiger partial charge in [-0.25, -0.2) is 0 Å². The largest absolute Gasteiger partial charge is 0.390 e. The number of hydrogen-bond donors (Lipinski definition) is 4. The average Bonchev–Trinajstić information content (AvgIpc) is 3.25. The van der Waals surface area contributed by atoms with E-state index in [0.717, 1.165) is 44.7 Å². The molecule has 7 heteroatoms. The number of aliphatic hydroxyl groups excluding tert-OH is 1. The van der Waals surface area contributed by atoms with Crippen LogP contribution in [0.15, 0.2) is 42.7 Å². The molecule has 1 aromatic heterocycles. The normalized spacial score (nSPS) is 20.1. The molecule has 1 amide bonds. The number of rotatable bonds is 7. The first-order valence-electron chi connectivity index (χ1n) is 10.3. The van der Waals surface area contributed by atoms with E-state index in [1.807, 2.05) is 6.07 Å². The Morgan fingerprint density at radius 2 is 2.17 bits per heavy atom. The molecule has 4 rings (SSSR count). The molecule has 0 radical (unpaired) electrons. The number of carbonyl (C=O) groups is 1. The second kappa shape index (κ2) is 9.35. The van der Waals surface area contributed by atoms with Crippen molar-refractivity contribution in [2.24, 2.45) is 0 Å². The first kappa shape index (κ1) is 19.8. The number of aromatic nitrogens is 1. The van der Waals surface area contributed by atoms with Gasteiger partial charge in [0.1, 0.15) is 0 Å². The van der Waals surface area contributed by atoms with Crippen molar-refractivity contribution in [3.05, 3.63) is 59.4 Å². The van der Waals surface area contributed by atoms with Gasteiger partial charge in [0.15, 0.2) is 0 Å². The van der Waals surface area contributed by atoms with Crippen LogP contribution < -0.4 is 16.0 Å². The topological polar surface area (TPSA) is 89.5 Å². The summed E-state index contributed by atoms with van der Waals surface area (Å²) in [5.74, 6) is -0.214. The smallest absolute Gasteiger partial charge is 0.253 e. The molecule has 0 bridgehead atoms. The maximum absolute atomic E-state index is 12.5. The minimum Gasteiger partial charge on any atom is -0.390 e. The summed E-state index contributed by atoms with van der Waals surface area (Å²) in [4.78, 5) is 18.9. The summed E-state index contributed by atoms with van der Waals surface area (Å²) in [5.41, 5.74) is 4.06. The number of pyridine rings is 1. The van der Waals surface area contributed by atoms with Gasteiger partial charge in [-0.2, -0.15) is 0 Å². The van der Waals surface area contributed by atoms with E-state index in [0.29, 0.717) is 18.2 Å². The average molecular weight is 396 g/mol. The van der Waals surface area contributed by atoms with Crippen LogP contribution in [0.1, 0.15) is 27.9 Å². The molecule has 2 aromatic rings. The van der Waals surface area contributed by atoms with Gasteiger partial charge in [-0.15, -0.1) is 0 Å². The standard InChI is InChI=1S/C22H29N5O2/c28-21(15-27-8-6-16-3-1-2-4-17(16)14-27)13-25-22(29)18-9-20(12-24-10-18)26-19-5-7-23-11-19/h1-4,9-10,12,19,21,23,26,28H,5-8,11,13-15H2,(H,25,29). The zero-order chi connectivity index (χ0) is 20.1. The van der Waals surface area contributed by atoms with E-state index < -0.39 is 6.10 Å². The predicted molar refractivity (Wildman–Crippen MR) is 113 cm³/mol. The molecule has 0 saturated carbocycles. The third-order valence-electron chi connectivity index (χ3n) is 5.61. The number of nitrogens with zero attached hydrogens (tertiary/aromatic N) is 2. The zero-order valence-corrected chi connectivity index (χ0v) is 16.6. The molecule has 2 atom stereocenters. The van der Waals surface area contributed by atoms with Gasteiger partial charge in [0.25, 0.3) is 5.91 Å². The van der Waals surface area contributed by atoms with Crippen LogP contribution in [-0.2, 0) is 13.0 Å². The van der Waals surface area contributed by atoms with E-state index in [9.17, 15) is 9.90 Å². The molecule has 1 fully saturated rings. The van der Waals surface area contributed by atoms with Crippen LogP contribution in [0.5, 0.6) is 0 Å². The van der Waals surface area contributed by atoms with Crippen LogP contribution in [0.3, 0.4) is 0 Å². The fraction of sp³-hybridized carbons (Fsp3) is 0.455. The van der Waals surface area contributed by atoms with Crippen molar-refractivity contribution in [1.29, 1.82) is 0 Å². The molecule has 29 heavy (non-hydrogen) atoms. The number of nitrogens with one attached hydrogen (secondary N) is 3. The van der Waals surface area contributed by atoms with Gasteiger partial charge in [0.2, 0.25) is 0 Å². The minimum atomic E-state index is -0.608. The van der Waals surface area contributed by atoms with E-state index in [1.54, 1.807) is 12.4 Å². The van der Waals surface area contributed by atoms with E-state index in [-0.39, 0.29) is 12.5 Å². The van der Waals surface area contributed by atoms with Crippen LogP contribution in [0, 0.1) is 0 Å². The number of hydrogen-bond acceptors (Lipinski definition) is 6. The number of aliphatic hydroxyl groups is 1. The van der Waals surface area contributed by atoms with E-state index in [2.05, 4.69) is 50.1 Å². The Kier molecular flexibility index (Phi) is 6.39. The van der Waals surface area contributed by atoms with E-state index in [1.165, 1.54) is 11.1 Å². The van der Waals surface area contributed by atoms with Gasteiger partial charge in [0.05, 0.1) is 17.4 Å². The third-order valence-corrected chi connectivity index (χ3v) is 5.61. The Balaban J connectivity index is 1.25. The van der Waals surface area contributed by atoms with Crippen molar-refractivity contribution in [2.75, 3.05) is 38.0 Å². The lowest BCUT2D eigenvalue weighted by atomic mass is 10.00. The molecule has 2 aliphatic rings. The van der Waals surface area contributed by atoms with Gasteiger partial charge in [-0.3, -0.25) is 14.7 Å². The first-order chi connectivity index (χ1) is 14.2. The molecule has 154 valence electrons. The highest BCUT2D eigenvalue weighted by atomic mass is 16.3. The highest BCUT2D eigenvalue weighted by Gasteiger charge is 2.19. The Labute approximate surface area is 171 Å². The summed E-state index contributed by atoms with van der Waals surface area (Å²) >= 11 is 0. The molecule has 2 aliphatic heterocycles. The van der Waals surface area contributed by atoms with Gasteiger partial charge >= 0.3 is 0 Å². The van der Waals surface area contributed by atoms with Crippen molar-refractivity contribution in [1.82, 2.24) is 20.5 Å². The van der Waals surface area contributed by atoms with Crippen molar-refractivity contribution in [3.8, 4) is 0 Å². The molecule has 0 spiro atoms. The molecular formula is C22H29N5O2. The molecule has 1 saturated heterocycles. The predicted octanol–water partition coefficient (Wildman–Crippen LogP) is 1.00. The Bertz CT molecular complexity index is 837. The van der Waals surface area contributed by atoms with Crippen LogP contribution in [0.2, 0.25) is 0 Å². The lowest BCUT2D eigenvalue weighted by Crippen LogP contribution is -2.42. The van der Waals surface area contributed by atoms with Gasteiger partial charge < -0.3 is 21.1 Å². The summed E-state index contributed by atoms with van der Waals surface area (Å²) in [6.07, 6.45) is 4.74. The SMILES string of the molecule is O=C(NCC(O)CN1CCc2ccccc2C1)c1cncc(NC2CCNC2)c1. The van der Waals surface area contributed by atoms with Crippen molar-refractivity contribution >= 4 is 11.6 Å². The van der Waals surface area contributed by atoms with Gasteiger partial charge in [0, 0.05) is 51.2 Å². The van der Waals surface area contributed by atoms with Crippen LogP contribution >= 0.6 is 0 Å². The number of carbonyl (C=O) groups excluding carboxylic acids is 1. The highest BCUT2D eigenvalue weighted by molar-refractivity contribution is 5.94. The maximum atomic E-state index is 12.5. The van der Waals surface area contributed by atoms with E-state index in [4.69, 9.17) is 0 Å². The molecular weight excluding hydrogens is 366 g/mol. The van der Waals surface area contributed by atoms with Gasteiger partial charge in [-0.1, -0.05) is 24.3 Å². The highest BCUT2D eigenvalue weighted by Crippen LogP contribution is 2.18. The van der Waals surface area contributed by atoms with Crippen molar-refractivity contribution in [2.45, 2.75) is 31.5 Å². The first-order valence-corrected chi connectivity index (χ1v) is 10.3. The lowest BCUT2D eigenvalue weighted by Gasteiger charge is -2.30. The number of amides is 1. The Hall–Kier alpha value is -2.48. The summed E-state index contributed by atoms with van der Waals surface area (Å²) in [6, 6.07) is 10.6. The van der Waals surface area contributed by atoms with E-state index >= 15 is 0 Å². The Morgan fingerprint density at radius 3 is 3.00 bits per heavy atom. The molecule has 2 unspecified atom stereocenters. The molecule has 3 heterocycles. The summed E-state index contributed by atoms with van der Waals surface area (Å²) < 4.78 is 0. The minimum absolute atomic E-state index is 0.214. The fourth-order valence-electron chi connectivity index (χ4n) is 4.04. The maximum Gasteiger partial charge on any atom is 0.253 e. The second-order valence-corrected chi connectivity index (χ2v) is 7.91. The zero-order valence-electron chi connectivity index (χ0n) is 16.6. The summed E-state index contributed by atoms with van der Waals surface area (Å²) in [6.45, 7) is 4.46. The summed E-state index contributed by atoms with van der Waals surface area (Å²) in [5, 5.41) is 19.9.